The minimum Gasteiger partial charge on any atom is -0.379 e. The second-order valence-corrected chi connectivity index (χ2v) is 4.71. The molecule has 0 radical (unpaired) electrons. The third kappa shape index (κ3) is 4.25. The van der Waals surface area contributed by atoms with Crippen LogP contribution >= 0.6 is 11.3 Å². The average molecular weight is 229 g/mol. The van der Waals surface area contributed by atoms with Crippen molar-refractivity contribution in [3.05, 3.63) is 16.1 Å². The molecule has 5 heteroatoms. The second-order valence-electron chi connectivity index (χ2n) is 3.65. The Bertz CT molecular complexity index is 286. The van der Waals surface area contributed by atoms with Crippen molar-refractivity contribution < 1.29 is 4.74 Å². The zero-order valence-corrected chi connectivity index (χ0v) is 10.4. The topological polar surface area (TPSA) is 51.4 Å². The van der Waals surface area contributed by atoms with Crippen LogP contribution in [0.1, 0.15) is 10.7 Å². The van der Waals surface area contributed by atoms with Crippen LogP contribution in [0.2, 0.25) is 0 Å². The first-order chi connectivity index (χ1) is 7.15. The van der Waals surface area contributed by atoms with Gasteiger partial charge in [0.05, 0.1) is 16.8 Å². The van der Waals surface area contributed by atoms with Gasteiger partial charge in [0.15, 0.2) is 0 Å². The number of methoxy groups -OCH3 is 1. The molecule has 0 spiro atoms. The fraction of sp³-hybridized carbons (Fsp3) is 0.700. The molecule has 86 valence electrons. The number of aromatic nitrogens is 1. The van der Waals surface area contributed by atoms with E-state index in [1.807, 2.05) is 6.92 Å². The summed E-state index contributed by atoms with van der Waals surface area (Å²) in [5.41, 5.74) is 6.68. The normalized spacial score (nSPS) is 13.4. The summed E-state index contributed by atoms with van der Waals surface area (Å²) in [5.74, 6) is 0. The van der Waals surface area contributed by atoms with Crippen LogP contribution in [0.15, 0.2) is 5.38 Å². The molecule has 15 heavy (non-hydrogen) atoms. The van der Waals surface area contributed by atoms with Gasteiger partial charge in [0.1, 0.15) is 0 Å². The molecule has 0 saturated carbocycles. The zero-order valence-electron chi connectivity index (χ0n) is 9.56. The van der Waals surface area contributed by atoms with E-state index in [0.29, 0.717) is 6.54 Å². The lowest BCUT2D eigenvalue weighted by Crippen LogP contribution is -2.35. The number of hydrogen-bond donors (Lipinski definition) is 1. The molecule has 1 atom stereocenters. The van der Waals surface area contributed by atoms with Crippen LogP contribution in [0.3, 0.4) is 0 Å². The van der Waals surface area contributed by atoms with Crippen molar-refractivity contribution in [2.75, 3.05) is 27.2 Å². The maximum Gasteiger partial charge on any atom is 0.0897 e. The lowest BCUT2D eigenvalue weighted by molar-refractivity contribution is 0.0758. The Morgan fingerprint density at radius 3 is 2.87 bits per heavy atom. The Morgan fingerprint density at radius 1 is 1.67 bits per heavy atom. The van der Waals surface area contributed by atoms with Crippen LogP contribution in [0, 0.1) is 6.92 Å². The Kier molecular flexibility index (Phi) is 5.17. The van der Waals surface area contributed by atoms with Crippen LogP contribution in [0.5, 0.6) is 0 Å². The van der Waals surface area contributed by atoms with Crippen molar-refractivity contribution in [2.45, 2.75) is 19.6 Å². The van der Waals surface area contributed by atoms with Crippen LogP contribution in [0.4, 0.5) is 0 Å². The molecule has 0 amide bonds. The Morgan fingerprint density at radius 2 is 2.40 bits per heavy atom. The van der Waals surface area contributed by atoms with Crippen molar-refractivity contribution in [1.29, 1.82) is 0 Å². The number of nitrogens with two attached hydrogens (primary N) is 1. The molecule has 1 heterocycles. The largest absolute Gasteiger partial charge is 0.379 e. The molecular weight excluding hydrogens is 210 g/mol. The lowest BCUT2D eigenvalue weighted by atomic mass is 10.3. The van der Waals surface area contributed by atoms with Crippen molar-refractivity contribution in [3.63, 3.8) is 0 Å². The van der Waals surface area contributed by atoms with Crippen molar-refractivity contribution in [3.8, 4) is 0 Å². The molecule has 2 N–H and O–H groups in total. The van der Waals surface area contributed by atoms with Gasteiger partial charge in [0.25, 0.3) is 0 Å². The van der Waals surface area contributed by atoms with Crippen molar-refractivity contribution in [2.24, 2.45) is 5.73 Å². The maximum absolute atomic E-state index is 5.56. The van der Waals surface area contributed by atoms with Crippen LogP contribution in [-0.4, -0.2) is 43.2 Å². The predicted molar refractivity (Wildman–Crippen MR) is 63.0 cm³/mol. The first kappa shape index (κ1) is 12.6. The minimum absolute atomic E-state index is 0.106. The van der Waals surface area contributed by atoms with Gasteiger partial charge in [-0.3, -0.25) is 4.90 Å². The van der Waals surface area contributed by atoms with Gasteiger partial charge in [-0.2, -0.15) is 0 Å². The predicted octanol–water partition coefficient (Wildman–Crippen LogP) is 0.857. The summed E-state index contributed by atoms with van der Waals surface area (Å²) in [6.07, 6.45) is 0.106. The summed E-state index contributed by atoms with van der Waals surface area (Å²) < 4.78 is 5.23. The maximum atomic E-state index is 5.56. The van der Waals surface area contributed by atoms with E-state index in [1.54, 1.807) is 18.4 Å². The Labute approximate surface area is 95.1 Å². The summed E-state index contributed by atoms with van der Waals surface area (Å²) in [4.78, 5) is 6.59. The van der Waals surface area contributed by atoms with E-state index in [1.165, 1.54) is 0 Å². The summed E-state index contributed by atoms with van der Waals surface area (Å²) >= 11 is 1.68. The summed E-state index contributed by atoms with van der Waals surface area (Å²) in [5, 5.41) is 3.20. The smallest absolute Gasteiger partial charge is 0.0897 e. The highest BCUT2D eigenvalue weighted by Crippen LogP contribution is 2.09. The highest BCUT2D eigenvalue weighted by molar-refractivity contribution is 7.09. The first-order valence-electron chi connectivity index (χ1n) is 4.98. The molecule has 0 bridgehead atoms. The number of nitrogens with zero attached hydrogens (tertiary/aromatic N) is 2. The number of aryl methyl sites for hydroxylation is 1. The third-order valence-corrected chi connectivity index (χ3v) is 3.03. The summed E-state index contributed by atoms with van der Waals surface area (Å²) in [6, 6.07) is 0. The van der Waals surface area contributed by atoms with E-state index in [-0.39, 0.29) is 6.10 Å². The van der Waals surface area contributed by atoms with Gasteiger partial charge >= 0.3 is 0 Å². The molecule has 1 aromatic heterocycles. The molecule has 1 unspecified atom stereocenters. The standard InChI is InChI=1S/C10H19N3OS/c1-8-12-9(7-15-8)5-13(2)6-10(4-11)14-3/h7,10H,4-6,11H2,1-3H3. The number of hydrogen-bond acceptors (Lipinski definition) is 5. The van der Waals surface area contributed by atoms with Gasteiger partial charge in [-0.05, 0) is 14.0 Å². The molecule has 1 rings (SSSR count). The van der Waals surface area contributed by atoms with E-state index in [9.17, 15) is 0 Å². The van der Waals surface area contributed by atoms with E-state index in [4.69, 9.17) is 10.5 Å². The number of ether oxygens (including phenoxy) is 1. The van der Waals surface area contributed by atoms with Crippen molar-refractivity contribution >= 4 is 11.3 Å². The molecule has 0 saturated heterocycles. The van der Waals surface area contributed by atoms with Gasteiger partial charge < -0.3 is 10.5 Å². The monoisotopic (exact) mass is 229 g/mol. The molecule has 0 aromatic carbocycles. The molecule has 4 nitrogen and oxygen atoms in total. The average Bonchev–Trinajstić information content (AvgIpc) is 2.60. The van der Waals surface area contributed by atoms with Crippen LogP contribution < -0.4 is 5.73 Å². The van der Waals surface area contributed by atoms with E-state index < -0.39 is 0 Å². The van der Waals surface area contributed by atoms with Crippen LogP contribution in [-0.2, 0) is 11.3 Å². The Hall–Kier alpha value is -0.490. The summed E-state index contributed by atoms with van der Waals surface area (Å²) in [7, 11) is 3.74. The van der Waals surface area contributed by atoms with Gasteiger partial charge in [-0.15, -0.1) is 11.3 Å². The first-order valence-corrected chi connectivity index (χ1v) is 5.86. The zero-order chi connectivity index (χ0) is 11.3. The number of likely N-dealkylation sites (N-methyl/N-ethyl adjacent to an activating group) is 1. The van der Waals surface area contributed by atoms with Gasteiger partial charge in [-0.1, -0.05) is 0 Å². The lowest BCUT2D eigenvalue weighted by Gasteiger charge is -2.21. The molecule has 0 aliphatic carbocycles. The molecular formula is C10H19N3OS. The Balaban J connectivity index is 2.38. The highest BCUT2D eigenvalue weighted by Gasteiger charge is 2.10. The minimum atomic E-state index is 0.106. The van der Waals surface area contributed by atoms with Gasteiger partial charge in [-0.25, -0.2) is 4.98 Å². The summed E-state index contributed by atoms with van der Waals surface area (Å²) in [6.45, 7) is 4.26. The fourth-order valence-electron chi connectivity index (χ4n) is 1.41. The molecule has 0 aliphatic rings. The second kappa shape index (κ2) is 6.17. The van der Waals surface area contributed by atoms with E-state index >= 15 is 0 Å². The SMILES string of the molecule is COC(CN)CN(C)Cc1csc(C)n1. The fourth-order valence-corrected chi connectivity index (χ4v) is 2.02. The van der Waals surface area contributed by atoms with E-state index in [0.717, 1.165) is 23.8 Å². The molecule has 0 fully saturated rings. The number of rotatable bonds is 6. The highest BCUT2D eigenvalue weighted by atomic mass is 32.1. The van der Waals surface area contributed by atoms with E-state index in [2.05, 4.69) is 22.3 Å². The molecule has 0 aliphatic heterocycles. The third-order valence-electron chi connectivity index (χ3n) is 2.21. The van der Waals surface area contributed by atoms with Crippen molar-refractivity contribution in [1.82, 2.24) is 9.88 Å². The quantitative estimate of drug-likeness (QED) is 0.786. The number of thiazole rings is 1. The van der Waals surface area contributed by atoms with Gasteiger partial charge in [0, 0.05) is 32.1 Å². The van der Waals surface area contributed by atoms with Crippen LogP contribution in [0.25, 0.3) is 0 Å². The molecule has 1 aromatic rings. The van der Waals surface area contributed by atoms with Gasteiger partial charge in [0.2, 0.25) is 0 Å².